The number of unbranched alkanes of at least 4 members (excludes halogenated alkanes) is 1. The first-order chi connectivity index (χ1) is 16.9. The lowest BCUT2D eigenvalue weighted by molar-refractivity contribution is 0.0698. The van der Waals surface area contributed by atoms with E-state index in [1.165, 1.54) is 6.07 Å². The maximum absolute atomic E-state index is 13.4. The first kappa shape index (κ1) is 25.8. The van der Waals surface area contributed by atoms with Crippen LogP contribution in [0.3, 0.4) is 0 Å². The van der Waals surface area contributed by atoms with Crippen LogP contribution in [0.2, 0.25) is 0 Å². The number of anilines is 1. The molecule has 0 saturated carbocycles. The first-order valence-corrected chi connectivity index (χ1v) is 11.7. The Kier molecular flexibility index (Phi) is 9.26. The number of carboxylic acids is 1. The highest BCUT2D eigenvalue weighted by Crippen LogP contribution is 2.29. The molecule has 0 aromatic heterocycles. The summed E-state index contributed by atoms with van der Waals surface area (Å²) in [4.78, 5) is 27.2. The number of rotatable bonds is 12. The number of carboxylic acid groups (broad SMARTS) is 1. The van der Waals surface area contributed by atoms with E-state index < -0.39 is 11.9 Å². The van der Waals surface area contributed by atoms with Gasteiger partial charge in [0.2, 0.25) is 0 Å². The van der Waals surface area contributed by atoms with Crippen molar-refractivity contribution in [1.29, 1.82) is 0 Å². The number of carbonyl (C=O) groups excluding carboxylic acids is 1. The SMILES string of the molecule is CCCCOc1ccc(OCCN(C)C)cc1C(=O)Nc1cc(-c2ccccc2)ccc1C(=O)O. The maximum Gasteiger partial charge on any atom is 0.337 e. The molecule has 184 valence electrons. The van der Waals surface area contributed by atoms with Gasteiger partial charge in [-0.2, -0.15) is 0 Å². The molecular weight excluding hydrogens is 444 g/mol. The summed E-state index contributed by atoms with van der Waals surface area (Å²) in [7, 11) is 3.91. The summed E-state index contributed by atoms with van der Waals surface area (Å²) >= 11 is 0. The lowest BCUT2D eigenvalue weighted by atomic mass is 10.0. The molecule has 0 fully saturated rings. The Bertz CT molecular complexity index is 1150. The molecule has 0 bridgehead atoms. The number of amides is 1. The lowest BCUT2D eigenvalue weighted by Gasteiger charge is -2.16. The largest absolute Gasteiger partial charge is 0.493 e. The van der Waals surface area contributed by atoms with Crippen LogP contribution in [0.4, 0.5) is 5.69 Å². The van der Waals surface area contributed by atoms with Crippen LogP contribution in [-0.4, -0.2) is 55.7 Å². The van der Waals surface area contributed by atoms with Gasteiger partial charge in [-0.3, -0.25) is 4.79 Å². The third kappa shape index (κ3) is 7.32. The van der Waals surface area contributed by atoms with Crippen LogP contribution in [0.15, 0.2) is 66.7 Å². The summed E-state index contributed by atoms with van der Waals surface area (Å²) < 4.78 is 11.7. The zero-order valence-corrected chi connectivity index (χ0v) is 20.4. The van der Waals surface area contributed by atoms with Gasteiger partial charge < -0.3 is 24.8 Å². The number of nitrogens with zero attached hydrogens (tertiary/aromatic N) is 1. The molecule has 1 amide bonds. The molecule has 7 heteroatoms. The minimum Gasteiger partial charge on any atom is -0.493 e. The number of likely N-dealkylation sites (N-methyl/N-ethyl adjacent to an activating group) is 1. The second kappa shape index (κ2) is 12.6. The van der Waals surface area contributed by atoms with Crippen molar-refractivity contribution in [2.75, 3.05) is 39.2 Å². The number of ether oxygens (including phenoxy) is 2. The summed E-state index contributed by atoms with van der Waals surface area (Å²) in [5.41, 5.74) is 2.21. The molecule has 0 aliphatic carbocycles. The van der Waals surface area contributed by atoms with Crippen LogP contribution < -0.4 is 14.8 Å². The van der Waals surface area contributed by atoms with Gasteiger partial charge in [-0.05, 0) is 62.0 Å². The first-order valence-electron chi connectivity index (χ1n) is 11.7. The van der Waals surface area contributed by atoms with Gasteiger partial charge in [-0.25, -0.2) is 4.79 Å². The standard InChI is InChI=1S/C28H32N2O5/c1-4-5-16-35-26-14-12-22(34-17-15-30(2)3)19-24(26)27(31)29-25-18-21(11-13-23(25)28(32)33)20-9-7-6-8-10-20/h6-14,18-19H,4-5,15-17H2,1-3H3,(H,29,31)(H,32,33). The van der Waals surface area contributed by atoms with Crippen LogP contribution in [0.25, 0.3) is 11.1 Å². The smallest absolute Gasteiger partial charge is 0.337 e. The fraction of sp³-hybridized carbons (Fsp3) is 0.286. The summed E-state index contributed by atoms with van der Waals surface area (Å²) in [5, 5.41) is 12.5. The molecule has 0 saturated heterocycles. The van der Waals surface area contributed by atoms with Crippen molar-refractivity contribution in [3.8, 4) is 22.6 Å². The maximum atomic E-state index is 13.4. The van der Waals surface area contributed by atoms with Crippen molar-refractivity contribution >= 4 is 17.6 Å². The number of carbonyl (C=O) groups is 2. The van der Waals surface area contributed by atoms with E-state index in [0.29, 0.717) is 24.7 Å². The average molecular weight is 477 g/mol. The average Bonchev–Trinajstić information content (AvgIpc) is 2.85. The van der Waals surface area contributed by atoms with E-state index in [1.807, 2.05) is 49.3 Å². The van der Waals surface area contributed by atoms with Crippen molar-refractivity contribution < 1.29 is 24.2 Å². The molecule has 7 nitrogen and oxygen atoms in total. The highest BCUT2D eigenvalue weighted by atomic mass is 16.5. The molecule has 35 heavy (non-hydrogen) atoms. The van der Waals surface area contributed by atoms with E-state index in [2.05, 4.69) is 12.2 Å². The third-order valence-electron chi connectivity index (χ3n) is 5.36. The zero-order chi connectivity index (χ0) is 25.2. The van der Waals surface area contributed by atoms with Gasteiger partial charge in [0.15, 0.2) is 0 Å². The van der Waals surface area contributed by atoms with Crippen LogP contribution >= 0.6 is 0 Å². The Morgan fingerprint density at radius 3 is 2.34 bits per heavy atom. The van der Waals surface area contributed by atoms with E-state index in [4.69, 9.17) is 9.47 Å². The van der Waals surface area contributed by atoms with Crippen molar-refractivity contribution in [3.63, 3.8) is 0 Å². The molecule has 3 aromatic rings. The number of hydrogen-bond donors (Lipinski definition) is 2. The van der Waals surface area contributed by atoms with Crippen LogP contribution in [0, 0.1) is 0 Å². The number of benzene rings is 3. The summed E-state index contributed by atoms with van der Waals surface area (Å²) in [5.74, 6) is -0.634. The van der Waals surface area contributed by atoms with Crippen molar-refractivity contribution in [2.24, 2.45) is 0 Å². The fourth-order valence-corrected chi connectivity index (χ4v) is 3.41. The van der Waals surface area contributed by atoms with Gasteiger partial charge in [0.1, 0.15) is 18.1 Å². The fourth-order valence-electron chi connectivity index (χ4n) is 3.41. The molecule has 0 atom stereocenters. The predicted molar refractivity (Wildman–Crippen MR) is 138 cm³/mol. The quantitative estimate of drug-likeness (QED) is 0.339. The Hall–Kier alpha value is -3.84. The van der Waals surface area contributed by atoms with E-state index in [-0.39, 0.29) is 16.8 Å². The van der Waals surface area contributed by atoms with Gasteiger partial charge in [0.05, 0.1) is 23.4 Å². The Morgan fingerprint density at radius 2 is 1.66 bits per heavy atom. The second-order valence-corrected chi connectivity index (χ2v) is 8.40. The molecule has 3 rings (SSSR count). The highest BCUT2D eigenvalue weighted by Gasteiger charge is 2.19. The van der Waals surface area contributed by atoms with E-state index in [1.54, 1.807) is 30.3 Å². The van der Waals surface area contributed by atoms with Gasteiger partial charge in [-0.1, -0.05) is 49.7 Å². The molecule has 0 unspecified atom stereocenters. The summed E-state index contributed by atoms with van der Waals surface area (Å²) in [6, 6.07) is 19.6. The van der Waals surface area contributed by atoms with E-state index in [0.717, 1.165) is 30.5 Å². The summed E-state index contributed by atoms with van der Waals surface area (Å²) in [6.07, 6.45) is 1.81. The van der Waals surface area contributed by atoms with Gasteiger partial charge >= 0.3 is 5.97 Å². The molecule has 0 heterocycles. The zero-order valence-electron chi connectivity index (χ0n) is 20.4. The molecular formula is C28H32N2O5. The third-order valence-corrected chi connectivity index (χ3v) is 5.36. The topological polar surface area (TPSA) is 88.1 Å². The van der Waals surface area contributed by atoms with Gasteiger partial charge in [0.25, 0.3) is 5.91 Å². The highest BCUT2D eigenvalue weighted by molar-refractivity contribution is 6.09. The monoisotopic (exact) mass is 476 g/mol. The summed E-state index contributed by atoms with van der Waals surface area (Å²) in [6.45, 7) is 3.73. The van der Waals surface area contributed by atoms with Crippen LogP contribution in [-0.2, 0) is 0 Å². The minimum absolute atomic E-state index is 0.00451. The lowest BCUT2D eigenvalue weighted by Crippen LogP contribution is -2.20. The molecule has 0 radical (unpaired) electrons. The normalized spacial score (nSPS) is 10.7. The van der Waals surface area contributed by atoms with Crippen molar-refractivity contribution in [3.05, 3.63) is 77.9 Å². The Balaban J connectivity index is 1.92. The molecule has 0 aliphatic heterocycles. The predicted octanol–water partition coefficient (Wildman–Crippen LogP) is 5.42. The minimum atomic E-state index is -1.12. The number of aromatic carboxylic acids is 1. The molecule has 0 spiro atoms. The van der Waals surface area contributed by atoms with Crippen molar-refractivity contribution in [2.45, 2.75) is 19.8 Å². The van der Waals surface area contributed by atoms with E-state index in [9.17, 15) is 14.7 Å². The Labute approximate surface area is 206 Å². The van der Waals surface area contributed by atoms with E-state index >= 15 is 0 Å². The van der Waals surface area contributed by atoms with Gasteiger partial charge in [0, 0.05) is 6.54 Å². The Morgan fingerprint density at radius 1 is 0.886 bits per heavy atom. The molecule has 3 aromatic carbocycles. The molecule has 2 N–H and O–H groups in total. The number of hydrogen-bond acceptors (Lipinski definition) is 5. The van der Waals surface area contributed by atoms with Crippen molar-refractivity contribution in [1.82, 2.24) is 4.90 Å². The van der Waals surface area contributed by atoms with Crippen LogP contribution in [0.1, 0.15) is 40.5 Å². The van der Waals surface area contributed by atoms with Crippen LogP contribution in [0.5, 0.6) is 11.5 Å². The number of nitrogens with one attached hydrogen (secondary N) is 1. The van der Waals surface area contributed by atoms with Gasteiger partial charge in [-0.15, -0.1) is 0 Å². The molecule has 0 aliphatic rings. The second-order valence-electron chi connectivity index (χ2n) is 8.40.